The Balaban J connectivity index is 1.83. The maximum atomic E-state index is 13.0. The number of benzene rings is 2. The fraction of sp³-hybridized carbons (Fsp3) is 0. The van der Waals surface area contributed by atoms with E-state index in [0.717, 1.165) is 21.7 Å². The standard InChI is InChI=1S/C21H15NOS/c23-21-19(16-8-3-1-4-9-16)15-22(17-10-5-2-6-11-17)20(21)14-18-12-7-13-24-18/h1-15H/b20-14+. The first kappa shape index (κ1) is 14.7. The lowest BCUT2D eigenvalue weighted by Gasteiger charge is -2.17. The van der Waals surface area contributed by atoms with E-state index in [-0.39, 0.29) is 5.78 Å². The van der Waals surface area contributed by atoms with Gasteiger partial charge in [0.2, 0.25) is 5.78 Å². The van der Waals surface area contributed by atoms with Gasteiger partial charge in [-0.15, -0.1) is 11.3 Å². The molecule has 2 aromatic carbocycles. The number of hydrogen-bond donors (Lipinski definition) is 0. The smallest absolute Gasteiger partial charge is 0.211 e. The van der Waals surface area contributed by atoms with Crippen LogP contribution >= 0.6 is 11.3 Å². The van der Waals surface area contributed by atoms with Crippen molar-refractivity contribution in [3.63, 3.8) is 0 Å². The highest BCUT2D eigenvalue weighted by molar-refractivity contribution is 7.10. The molecule has 0 fully saturated rings. The van der Waals surface area contributed by atoms with Gasteiger partial charge < -0.3 is 4.90 Å². The molecule has 0 unspecified atom stereocenters. The molecular weight excluding hydrogens is 314 g/mol. The van der Waals surface area contributed by atoms with E-state index >= 15 is 0 Å². The molecule has 3 heteroatoms. The summed E-state index contributed by atoms with van der Waals surface area (Å²) in [6, 6.07) is 23.8. The number of Topliss-reactive ketones (excluding diaryl/α,β-unsaturated/α-hetero) is 1. The van der Waals surface area contributed by atoms with Crippen molar-refractivity contribution in [1.82, 2.24) is 0 Å². The van der Waals surface area contributed by atoms with Crippen LogP contribution in [0, 0.1) is 0 Å². The van der Waals surface area contributed by atoms with Crippen LogP contribution in [0.15, 0.2) is 90.1 Å². The summed E-state index contributed by atoms with van der Waals surface area (Å²) in [7, 11) is 0. The van der Waals surface area contributed by atoms with Crippen LogP contribution in [0.3, 0.4) is 0 Å². The molecule has 4 rings (SSSR count). The normalized spacial score (nSPS) is 15.8. The molecule has 0 atom stereocenters. The third-order valence-corrected chi connectivity index (χ3v) is 4.76. The molecule has 0 saturated carbocycles. The van der Waals surface area contributed by atoms with E-state index in [1.54, 1.807) is 11.3 Å². The van der Waals surface area contributed by atoms with Crippen molar-refractivity contribution >= 4 is 34.5 Å². The van der Waals surface area contributed by atoms with Crippen LogP contribution in [-0.4, -0.2) is 5.78 Å². The molecule has 0 amide bonds. The van der Waals surface area contributed by atoms with Gasteiger partial charge in [-0.2, -0.15) is 0 Å². The van der Waals surface area contributed by atoms with E-state index in [2.05, 4.69) is 0 Å². The number of ketones is 1. The maximum Gasteiger partial charge on any atom is 0.211 e. The molecule has 24 heavy (non-hydrogen) atoms. The van der Waals surface area contributed by atoms with Gasteiger partial charge in [0.05, 0.1) is 5.70 Å². The van der Waals surface area contributed by atoms with Gasteiger partial charge in [0.15, 0.2) is 0 Å². The number of para-hydroxylation sites is 1. The van der Waals surface area contributed by atoms with Gasteiger partial charge >= 0.3 is 0 Å². The molecule has 116 valence electrons. The second-order valence-corrected chi connectivity index (χ2v) is 6.47. The van der Waals surface area contributed by atoms with Crippen LogP contribution in [-0.2, 0) is 4.79 Å². The molecule has 2 heterocycles. The average Bonchev–Trinajstić information content (AvgIpc) is 3.26. The molecule has 3 aromatic rings. The first-order valence-corrected chi connectivity index (χ1v) is 8.62. The molecule has 0 radical (unpaired) electrons. The Morgan fingerprint density at radius 1 is 0.833 bits per heavy atom. The second-order valence-electron chi connectivity index (χ2n) is 5.49. The van der Waals surface area contributed by atoms with E-state index in [9.17, 15) is 4.79 Å². The number of rotatable bonds is 3. The SMILES string of the molecule is O=C1C(c2ccccc2)=CN(c2ccccc2)/C1=C/c1cccs1. The molecule has 0 spiro atoms. The van der Waals surface area contributed by atoms with Gasteiger partial charge in [-0.25, -0.2) is 0 Å². The lowest BCUT2D eigenvalue weighted by Crippen LogP contribution is -2.14. The van der Waals surface area contributed by atoms with E-state index in [0.29, 0.717) is 5.70 Å². The third-order valence-electron chi connectivity index (χ3n) is 3.94. The number of anilines is 1. The number of carbonyl (C=O) groups is 1. The fourth-order valence-electron chi connectivity index (χ4n) is 2.77. The summed E-state index contributed by atoms with van der Waals surface area (Å²) in [5.74, 6) is 0.0541. The van der Waals surface area contributed by atoms with E-state index < -0.39 is 0 Å². The zero-order valence-electron chi connectivity index (χ0n) is 12.9. The van der Waals surface area contributed by atoms with Crippen LogP contribution in [0.2, 0.25) is 0 Å². The van der Waals surface area contributed by atoms with Crippen molar-refractivity contribution in [2.45, 2.75) is 0 Å². The maximum absolute atomic E-state index is 13.0. The summed E-state index contributed by atoms with van der Waals surface area (Å²) in [4.78, 5) is 16.1. The van der Waals surface area contributed by atoms with Crippen molar-refractivity contribution in [2.24, 2.45) is 0 Å². The topological polar surface area (TPSA) is 20.3 Å². The fourth-order valence-corrected chi connectivity index (χ4v) is 3.42. The molecule has 2 nitrogen and oxygen atoms in total. The minimum Gasteiger partial charge on any atom is -0.313 e. The zero-order chi connectivity index (χ0) is 16.4. The van der Waals surface area contributed by atoms with Gasteiger partial charge in [0, 0.05) is 22.3 Å². The number of carbonyl (C=O) groups excluding carboxylic acids is 1. The molecular formula is C21H15NOS. The molecule has 0 N–H and O–H groups in total. The number of allylic oxidation sites excluding steroid dienone is 1. The van der Waals surface area contributed by atoms with Gasteiger partial charge in [-0.05, 0) is 35.2 Å². The summed E-state index contributed by atoms with van der Waals surface area (Å²) < 4.78 is 0. The Morgan fingerprint density at radius 2 is 1.54 bits per heavy atom. The van der Waals surface area contributed by atoms with E-state index in [1.807, 2.05) is 95.4 Å². The predicted molar refractivity (Wildman–Crippen MR) is 101 cm³/mol. The molecule has 1 aliphatic rings. The van der Waals surface area contributed by atoms with Crippen molar-refractivity contribution in [1.29, 1.82) is 0 Å². The van der Waals surface area contributed by atoms with Crippen molar-refractivity contribution in [2.75, 3.05) is 4.90 Å². The Kier molecular flexibility index (Phi) is 3.85. The molecule has 1 aromatic heterocycles. The summed E-state index contributed by atoms with van der Waals surface area (Å²) in [5, 5.41) is 2.02. The Labute approximate surface area is 145 Å². The largest absolute Gasteiger partial charge is 0.313 e. The molecule has 0 bridgehead atoms. The Bertz CT molecular complexity index is 909. The van der Waals surface area contributed by atoms with Gasteiger partial charge in [-0.1, -0.05) is 54.6 Å². The third kappa shape index (κ3) is 2.70. The number of nitrogens with zero attached hydrogens (tertiary/aromatic N) is 1. The van der Waals surface area contributed by atoms with Gasteiger partial charge in [0.25, 0.3) is 0 Å². The molecule has 0 aliphatic carbocycles. The molecule has 1 aliphatic heterocycles. The highest BCUT2D eigenvalue weighted by Gasteiger charge is 2.29. The number of hydrogen-bond acceptors (Lipinski definition) is 3. The highest BCUT2D eigenvalue weighted by Crippen LogP contribution is 2.34. The van der Waals surface area contributed by atoms with Crippen molar-refractivity contribution in [3.8, 4) is 0 Å². The van der Waals surface area contributed by atoms with E-state index in [4.69, 9.17) is 0 Å². The summed E-state index contributed by atoms with van der Waals surface area (Å²) in [5.41, 5.74) is 3.34. The minimum absolute atomic E-state index is 0.0541. The van der Waals surface area contributed by atoms with Crippen LogP contribution in [0.4, 0.5) is 5.69 Å². The average molecular weight is 329 g/mol. The zero-order valence-corrected chi connectivity index (χ0v) is 13.7. The second kappa shape index (κ2) is 6.30. The van der Waals surface area contributed by atoms with Crippen LogP contribution in [0.25, 0.3) is 11.6 Å². The predicted octanol–water partition coefficient (Wildman–Crippen LogP) is 5.22. The van der Waals surface area contributed by atoms with Crippen molar-refractivity contribution < 1.29 is 4.79 Å². The van der Waals surface area contributed by atoms with Gasteiger partial charge in [-0.3, -0.25) is 4.79 Å². The first-order chi connectivity index (χ1) is 11.8. The minimum atomic E-state index is 0.0541. The van der Waals surface area contributed by atoms with Gasteiger partial charge in [0.1, 0.15) is 0 Å². The van der Waals surface area contributed by atoms with Crippen LogP contribution in [0.5, 0.6) is 0 Å². The van der Waals surface area contributed by atoms with Crippen molar-refractivity contribution in [3.05, 3.63) is 101 Å². The lowest BCUT2D eigenvalue weighted by molar-refractivity contribution is -0.110. The number of thiophene rings is 1. The van der Waals surface area contributed by atoms with E-state index in [1.165, 1.54) is 0 Å². The van der Waals surface area contributed by atoms with Crippen LogP contribution < -0.4 is 4.90 Å². The molecule has 0 saturated heterocycles. The first-order valence-electron chi connectivity index (χ1n) is 7.74. The summed E-state index contributed by atoms with van der Waals surface area (Å²) in [6.45, 7) is 0. The monoisotopic (exact) mass is 329 g/mol. The lowest BCUT2D eigenvalue weighted by atomic mass is 10.0. The summed E-state index contributed by atoms with van der Waals surface area (Å²) in [6.07, 6.45) is 3.90. The summed E-state index contributed by atoms with van der Waals surface area (Å²) >= 11 is 1.63. The van der Waals surface area contributed by atoms with Crippen LogP contribution in [0.1, 0.15) is 10.4 Å². The highest BCUT2D eigenvalue weighted by atomic mass is 32.1. The Hall–Kier alpha value is -2.91. The quantitative estimate of drug-likeness (QED) is 0.614. The Morgan fingerprint density at radius 3 is 2.21 bits per heavy atom.